The highest BCUT2D eigenvalue weighted by molar-refractivity contribution is 7.14. The molecule has 2 aromatic heterocycles. The lowest BCUT2D eigenvalue weighted by Gasteiger charge is -1.99. The molecule has 100 valence electrons. The van der Waals surface area contributed by atoms with Crippen molar-refractivity contribution in [2.24, 2.45) is 0 Å². The van der Waals surface area contributed by atoms with Crippen molar-refractivity contribution in [3.05, 3.63) is 34.5 Å². The summed E-state index contributed by atoms with van der Waals surface area (Å²) in [5, 5.41) is 11.7. The molecule has 2 heterocycles. The minimum atomic E-state index is -0.417. The van der Waals surface area contributed by atoms with Crippen LogP contribution in [0.15, 0.2) is 17.5 Å². The molecule has 0 unspecified atom stereocenters. The van der Waals surface area contributed by atoms with Crippen molar-refractivity contribution in [1.82, 2.24) is 10.2 Å². The Kier molecular flexibility index (Phi) is 3.96. The summed E-state index contributed by atoms with van der Waals surface area (Å²) in [5.74, 6) is -0.593. The number of H-pyrrole nitrogens is 1. The maximum atomic E-state index is 11.8. The predicted octanol–water partition coefficient (Wildman–Crippen LogP) is 1.75. The minimum Gasteiger partial charge on any atom is -0.465 e. The lowest BCUT2D eigenvalue weighted by atomic mass is 10.3. The summed E-state index contributed by atoms with van der Waals surface area (Å²) in [6.45, 7) is 1.87. The van der Waals surface area contributed by atoms with E-state index >= 15 is 0 Å². The topological polar surface area (TPSA) is 84.1 Å². The molecular weight excluding hydrogens is 266 g/mol. The second kappa shape index (κ2) is 5.66. The standard InChI is InChI=1S/C12H13N3O3S/c1-7-3-9(15-14-7)5-10(16)13-11-4-8(6-19-11)12(17)18-2/h3-4,6H,5H2,1-2H3,(H,13,16)(H,14,15). The van der Waals surface area contributed by atoms with E-state index in [4.69, 9.17) is 0 Å². The van der Waals surface area contributed by atoms with Crippen molar-refractivity contribution >= 4 is 28.2 Å². The number of methoxy groups -OCH3 is 1. The van der Waals surface area contributed by atoms with Gasteiger partial charge in [-0.1, -0.05) is 0 Å². The average molecular weight is 279 g/mol. The van der Waals surface area contributed by atoms with Crippen LogP contribution in [0.25, 0.3) is 0 Å². The van der Waals surface area contributed by atoms with Gasteiger partial charge in [-0.2, -0.15) is 5.10 Å². The van der Waals surface area contributed by atoms with Gasteiger partial charge in [0.2, 0.25) is 5.91 Å². The molecule has 0 saturated heterocycles. The van der Waals surface area contributed by atoms with E-state index in [2.05, 4.69) is 20.3 Å². The molecule has 0 aliphatic rings. The summed E-state index contributed by atoms with van der Waals surface area (Å²) in [5.41, 5.74) is 2.02. The second-order valence-electron chi connectivity index (χ2n) is 3.96. The van der Waals surface area contributed by atoms with E-state index in [0.717, 1.165) is 5.69 Å². The molecule has 19 heavy (non-hydrogen) atoms. The Morgan fingerprint density at radius 2 is 2.26 bits per heavy atom. The molecule has 0 saturated carbocycles. The molecule has 0 radical (unpaired) electrons. The Morgan fingerprint density at radius 3 is 2.89 bits per heavy atom. The molecule has 0 bridgehead atoms. The Hall–Kier alpha value is -2.15. The molecule has 0 aliphatic carbocycles. The molecule has 2 N–H and O–H groups in total. The lowest BCUT2D eigenvalue weighted by molar-refractivity contribution is -0.115. The van der Waals surface area contributed by atoms with Crippen molar-refractivity contribution in [3.63, 3.8) is 0 Å². The van der Waals surface area contributed by atoms with Crippen molar-refractivity contribution < 1.29 is 14.3 Å². The number of anilines is 1. The SMILES string of the molecule is COC(=O)c1csc(NC(=O)Cc2cc(C)[nH]n2)c1. The van der Waals surface area contributed by atoms with Gasteiger partial charge in [0.25, 0.3) is 0 Å². The fourth-order valence-corrected chi connectivity index (χ4v) is 2.32. The molecule has 1 amide bonds. The molecule has 0 aliphatic heterocycles. The highest BCUT2D eigenvalue weighted by atomic mass is 32.1. The van der Waals surface area contributed by atoms with Gasteiger partial charge in [-0.15, -0.1) is 11.3 Å². The number of nitrogens with one attached hydrogen (secondary N) is 2. The zero-order valence-electron chi connectivity index (χ0n) is 10.5. The van der Waals surface area contributed by atoms with Crippen LogP contribution < -0.4 is 5.32 Å². The second-order valence-corrected chi connectivity index (χ2v) is 4.87. The monoisotopic (exact) mass is 279 g/mol. The molecule has 2 rings (SSSR count). The number of nitrogens with zero attached hydrogens (tertiary/aromatic N) is 1. The van der Waals surface area contributed by atoms with E-state index in [1.54, 1.807) is 11.4 Å². The summed E-state index contributed by atoms with van der Waals surface area (Å²) in [6, 6.07) is 3.40. The normalized spacial score (nSPS) is 10.2. The zero-order valence-corrected chi connectivity index (χ0v) is 11.3. The van der Waals surface area contributed by atoms with Gasteiger partial charge in [-0.3, -0.25) is 9.89 Å². The molecule has 0 spiro atoms. The number of hydrogen-bond donors (Lipinski definition) is 2. The summed E-state index contributed by atoms with van der Waals surface area (Å²) in [7, 11) is 1.32. The Balaban J connectivity index is 1.95. The molecule has 6 nitrogen and oxygen atoms in total. The van der Waals surface area contributed by atoms with E-state index in [-0.39, 0.29) is 12.3 Å². The van der Waals surface area contributed by atoms with Crippen LogP contribution in [0, 0.1) is 6.92 Å². The van der Waals surface area contributed by atoms with Crippen LogP contribution in [0.3, 0.4) is 0 Å². The third-order valence-electron chi connectivity index (χ3n) is 2.38. The van der Waals surface area contributed by atoms with Gasteiger partial charge in [-0.25, -0.2) is 4.79 Å². The number of aromatic nitrogens is 2. The molecule has 0 atom stereocenters. The van der Waals surface area contributed by atoms with E-state index in [1.165, 1.54) is 18.4 Å². The van der Waals surface area contributed by atoms with Crippen LogP contribution in [0.2, 0.25) is 0 Å². The Morgan fingerprint density at radius 1 is 1.47 bits per heavy atom. The number of hydrogen-bond acceptors (Lipinski definition) is 5. The number of carbonyl (C=O) groups excluding carboxylic acids is 2. The van der Waals surface area contributed by atoms with Gasteiger partial charge >= 0.3 is 5.97 Å². The van der Waals surface area contributed by atoms with E-state index in [0.29, 0.717) is 16.3 Å². The number of aryl methyl sites for hydroxylation is 1. The summed E-state index contributed by atoms with van der Waals surface area (Å²) >= 11 is 1.28. The van der Waals surface area contributed by atoms with Crippen molar-refractivity contribution in [2.75, 3.05) is 12.4 Å². The Bertz CT molecular complexity index is 603. The maximum Gasteiger partial charge on any atom is 0.338 e. The van der Waals surface area contributed by atoms with Crippen molar-refractivity contribution in [2.45, 2.75) is 13.3 Å². The molecule has 2 aromatic rings. The average Bonchev–Trinajstić information content (AvgIpc) is 2.98. The number of carbonyl (C=O) groups is 2. The number of amides is 1. The maximum absolute atomic E-state index is 11.8. The van der Waals surface area contributed by atoms with Crippen LogP contribution >= 0.6 is 11.3 Å². The fourth-order valence-electron chi connectivity index (χ4n) is 1.54. The van der Waals surface area contributed by atoms with E-state index in [9.17, 15) is 9.59 Å². The zero-order chi connectivity index (χ0) is 13.8. The summed E-state index contributed by atoms with van der Waals surface area (Å²) in [4.78, 5) is 23.0. The highest BCUT2D eigenvalue weighted by Crippen LogP contribution is 2.21. The van der Waals surface area contributed by atoms with Crippen LogP contribution in [-0.4, -0.2) is 29.2 Å². The number of ether oxygens (including phenoxy) is 1. The number of rotatable bonds is 4. The number of thiophene rings is 1. The highest BCUT2D eigenvalue weighted by Gasteiger charge is 2.11. The number of esters is 1. The van der Waals surface area contributed by atoms with E-state index in [1.807, 2.05) is 13.0 Å². The smallest absolute Gasteiger partial charge is 0.338 e. The lowest BCUT2D eigenvalue weighted by Crippen LogP contribution is -2.13. The van der Waals surface area contributed by atoms with Crippen molar-refractivity contribution in [3.8, 4) is 0 Å². The first-order valence-electron chi connectivity index (χ1n) is 5.56. The van der Waals surface area contributed by atoms with Crippen LogP contribution in [0.1, 0.15) is 21.7 Å². The van der Waals surface area contributed by atoms with Gasteiger partial charge in [0.1, 0.15) is 0 Å². The molecular formula is C12H13N3O3S. The van der Waals surface area contributed by atoms with Gasteiger partial charge in [0.15, 0.2) is 0 Å². The molecule has 0 fully saturated rings. The van der Waals surface area contributed by atoms with Gasteiger partial charge in [0.05, 0.1) is 29.8 Å². The Labute approximate surface area is 113 Å². The first-order chi connectivity index (χ1) is 9.08. The predicted molar refractivity (Wildman–Crippen MR) is 71.3 cm³/mol. The fraction of sp³-hybridized carbons (Fsp3) is 0.250. The third kappa shape index (κ3) is 3.41. The number of aromatic amines is 1. The van der Waals surface area contributed by atoms with Crippen LogP contribution in [0.5, 0.6) is 0 Å². The quantitative estimate of drug-likeness (QED) is 0.835. The molecule has 7 heteroatoms. The largest absolute Gasteiger partial charge is 0.465 e. The van der Waals surface area contributed by atoms with Crippen LogP contribution in [-0.2, 0) is 16.0 Å². The first kappa shape index (κ1) is 13.3. The first-order valence-corrected chi connectivity index (χ1v) is 6.44. The van der Waals surface area contributed by atoms with Crippen LogP contribution in [0.4, 0.5) is 5.00 Å². The van der Waals surface area contributed by atoms with E-state index < -0.39 is 5.97 Å². The van der Waals surface area contributed by atoms with Crippen molar-refractivity contribution in [1.29, 1.82) is 0 Å². The third-order valence-corrected chi connectivity index (χ3v) is 3.23. The van der Waals surface area contributed by atoms with Gasteiger partial charge in [-0.05, 0) is 19.1 Å². The summed E-state index contributed by atoms with van der Waals surface area (Å²) < 4.78 is 4.59. The molecule has 0 aromatic carbocycles. The minimum absolute atomic E-state index is 0.176. The van der Waals surface area contributed by atoms with Gasteiger partial charge in [0, 0.05) is 11.1 Å². The van der Waals surface area contributed by atoms with Gasteiger partial charge < -0.3 is 10.1 Å². The summed E-state index contributed by atoms with van der Waals surface area (Å²) in [6.07, 6.45) is 0.190.